The van der Waals surface area contributed by atoms with Gasteiger partial charge < -0.3 is 10.6 Å². The van der Waals surface area contributed by atoms with Crippen molar-refractivity contribution in [3.63, 3.8) is 0 Å². The fourth-order valence-corrected chi connectivity index (χ4v) is 2.34. The van der Waals surface area contributed by atoms with Gasteiger partial charge in [-0.1, -0.05) is 39.7 Å². The van der Waals surface area contributed by atoms with Gasteiger partial charge in [0.25, 0.3) is 0 Å². The highest BCUT2D eigenvalue weighted by atomic mass is 79.9. The van der Waals surface area contributed by atoms with Crippen LogP contribution in [-0.2, 0) is 0 Å². The van der Waals surface area contributed by atoms with E-state index in [4.69, 9.17) is 11.6 Å². The molecule has 2 aromatic rings. The number of benzene rings is 1. The Balaban J connectivity index is 2.18. The molecular formula is C14H16BrClN4. The van der Waals surface area contributed by atoms with Crippen LogP contribution in [0.25, 0.3) is 0 Å². The molecule has 0 saturated heterocycles. The van der Waals surface area contributed by atoms with Crippen LogP contribution in [0, 0.1) is 0 Å². The van der Waals surface area contributed by atoms with Gasteiger partial charge in [0.1, 0.15) is 5.02 Å². The third-order valence-electron chi connectivity index (χ3n) is 2.78. The van der Waals surface area contributed by atoms with E-state index >= 15 is 0 Å². The first-order valence-corrected chi connectivity index (χ1v) is 7.55. The summed E-state index contributed by atoms with van der Waals surface area (Å²) < 4.78 is 1.05. The number of hydrogen-bond donors (Lipinski definition) is 2. The van der Waals surface area contributed by atoms with Crippen molar-refractivity contribution < 1.29 is 0 Å². The minimum Gasteiger partial charge on any atom is -0.362 e. The SMILES string of the molecule is CCNc1ncc(Cl)c(NC(C)c2cccc(Br)c2)n1. The zero-order valence-corrected chi connectivity index (χ0v) is 13.7. The van der Waals surface area contributed by atoms with Crippen LogP contribution < -0.4 is 10.6 Å². The monoisotopic (exact) mass is 354 g/mol. The summed E-state index contributed by atoms with van der Waals surface area (Å²) in [6.07, 6.45) is 1.60. The number of nitrogens with zero attached hydrogens (tertiary/aromatic N) is 2. The van der Waals surface area contributed by atoms with Crippen LogP contribution >= 0.6 is 27.5 Å². The summed E-state index contributed by atoms with van der Waals surface area (Å²) in [6.45, 7) is 4.82. The molecule has 1 heterocycles. The Kier molecular flexibility index (Phi) is 5.20. The van der Waals surface area contributed by atoms with Crippen LogP contribution in [0.15, 0.2) is 34.9 Å². The highest BCUT2D eigenvalue weighted by Crippen LogP contribution is 2.25. The summed E-state index contributed by atoms with van der Waals surface area (Å²) in [5.41, 5.74) is 1.15. The van der Waals surface area contributed by atoms with Gasteiger partial charge in [-0.15, -0.1) is 0 Å². The van der Waals surface area contributed by atoms with Crippen LogP contribution in [0.2, 0.25) is 5.02 Å². The smallest absolute Gasteiger partial charge is 0.224 e. The standard InChI is InChI=1S/C14H16BrClN4/c1-3-17-14-18-8-12(16)13(20-14)19-9(2)10-5-4-6-11(15)7-10/h4-9H,3H2,1-2H3,(H2,17,18,19,20). The normalized spacial score (nSPS) is 12.0. The molecule has 2 rings (SSSR count). The highest BCUT2D eigenvalue weighted by Gasteiger charge is 2.10. The van der Waals surface area contributed by atoms with Crippen LogP contribution in [0.5, 0.6) is 0 Å². The number of anilines is 2. The number of hydrogen-bond acceptors (Lipinski definition) is 4. The predicted molar refractivity (Wildman–Crippen MR) is 87.4 cm³/mol. The first-order valence-electron chi connectivity index (χ1n) is 6.38. The molecule has 2 N–H and O–H groups in total. The fourth-order valence-electron chi connectivity index (χ4n) is 1.78. The predicted octanol–water partition coefficient (Wildman–Crippen LogP) is 4.50. The Hall–Kier alpha value is -1.33. The summed E-state index contributed by atoms with van der Waals surface area (Å²) in [5.74, 6) is 1.20. The maximum Gasteiger partial charge on any atom is 0.224 e. The molecule has 1 aromatic carbocycles. The van der Waals surface area contributed by atoms with E-state index in [1.165, 1.54) is 0 Å². The summed E-state index contributed by atoms with van der Waals surface area (Å²) in [5, 5.41) is 6.89. The van der Waals surface area contributed by atoms with Gasteiger partial charge in [0, 0.05) is 11.0 Å². The molecule has 106 valence electrons. The van der Waals surface area contributed by atoms with Crippen LogP contribution in [0.3, 0.4) is 0 Å². The summed E-state index contributed by atoms with van der Waals surface area (Å²) in [4.78, 5) is 8.49. The highest BCUT2D eigenvalue weighted by molar-refractivity contribution is 9.10. The topological polar surface area (TPSA) is 49.8 Å². The molecule has 0 spiro atoms. The Morgan fingerprint density at radius 2 is 2.20 bits per heavy atom. The molecule has 1 atom stereocenters. The van der Waals surface area contributed by atoms with E-state index in [9.17, 15) is 0 Å². The largest absolute Gasteiger partial charge is 0.362 e. The molecule has 0 bridgehead atoms. The van der Waals surface area contributed by atoms with Crippen molar-refractivity contribution in [1.82, 2.24) is 9.97 Å². The molecule has 4 nitrogen and oxygen atoms in total. The average molecular weight is 356 g/mol. The van der Waals surface area contributed by atoms with Gasteiger partial charge in [-0.05, 0) is 31.5 Å². The van der Waals surface area contributed by atoms with Crippen molar-refractivity contribution in [2.45, 2.75) is 19.9 Å². The molecule has 0 aliphatic rings. The zero-order chi connectivity index (χ0) is 14.5. The van der Waals surface area contributed by atoms with Gasteiger partial charge in [0.2, 0.25) is 5.95 Å². The maximum atomic E-state index is 6.13. The van der Waals surface area contributed by atoms with Gasteiger partial charge in [-0.25, -0.2) is 4.98 Å². The third kappa shape index (κ3) is 3.84. The van der Waals surface area contributed by atoms with Gasteiger partial charge >= 0.3 is 0 Å². The van der Waals surface area contributed by atoms with Crippen LogP contribution in [0.1, 0.15) is 25.5 Å². The lowest BCUT2D eigenvalue weighted by Crippen LogP contribution is -2.10. The van der Waals surface area contributed by atoms with Gasteiger partial charge in [-0.2, -0.15) is 4.98 Å². The molecule has 6 heteroatoms. The number of nitrogens with one attached hydrogen (secondary N) is 2. The van der Waals surface area contributed by atoms with Gasteiger partial charge in [-0.3, -0.25) is 0 Å². The molecule has 20 heavy (non-hydrogen) atoms. The van der Waals surface area contributed by atoms with E-state index in [1.807, 2.05) is 19.1 Å². The van der Waals surface area contributed by atoms with E-state index < -0.39 is 0 Å². The Bertz CT molecular complexity index is 591. The fraction of sp³-hybridized carbons (Fsp3) is 0.286. The summed E-state index contributed by atoms with van der Waals surface area (Å²) >= 11 is 9.61. The van der Waals surface area contributed by atoms with Gasteiger partial charge in [0.05, 0.1) is 12.2 Å². The van der Waals surface area contributed by atoms with Crippen LogP contribution in [-0.4, -0.2) is 16.5 Å². The minimum atomic E-state index is 0.0920. The van der Waals surface area contributed by atoms with Crippen molar-refractivity contribution >= 4 is 39.3 Å². The summed E-state index contributed by atoms with van der Waals surface area (Å²) in [6, 6.07) is 8.22. The lowest BCUT2D eigenvalue weighted by molar-refractivity contribution is 0.871. The molecule has 0 aliphatic heterocycles. The van der Waals surface area contributed by atoms with Crippen molar-refractivity contribution in [3.05, 3.63) is 45.5 Å². The van der Waals surface area contributed by atoms with Crippen molar-refractivity contribution in [2.75, 3.05) is 17.2 Å². The first-order chi connectivity index (χ1) is 9.60. The Labute approximate surface area is 132 Å². The number of rotatable bonds is 5. The molecule has 0 radical (unpaired) electrons. The molecule has 0 amide bonds. The minimum absolute atomic E-state index is 0.0920. The maximum absolute atomic E-state index is 6.13. The van der Waals surface area contributed by atoms with E-state index in [0.29, 0.717) is 16.8 Å². The molecule has 0 fully saturated rings. The second-order valence-corrected chi connectivity index (χ2v) is 5.66. The average Bonchev–Trinajstić information content (AvgIpc) is 2.43. The quantitative estimate of drug-likeness (QED) is 0.829. The second-order valence-electron chi connectivity index (χ2n) is 4.34. The van der Waals surface area contributed by atoms with Crippen molar-refractivity contribution in [3.8, 4) is 0 Å². The van der Waals surface area contributed by atoms with E-state index in [-0.39, 0.29) is 6.04 Å². The van der Waals surface area contributed by atoms with Crippen molar-refractivity contribution in [1.29, 1.82) is 0 Å². The summed E-state index contributed by atoms with van der Waals surface area (Å²) in [7, 11) is 0. The lowest BCUT2D eigenvalue weighted by atomic mass is 10.1. The van der Waals surface area contributed by atoms with E-state index in [2.05, 4.69) is 55.6 Å². The first kappa shape index (κ1) is 15.1. The van der Waals surface area contributed by atoms with Crippen LogP contribution in [0.4, 0.5) is 11.8 Å². The second kappa shape index (κ2) is 6.90. The molecule has 1 unspecified atom stereocenters. The molecule has 0 aliphatic carbocycles. The molecular weight excluding hydrogens is 340 g/mol. The third-order valence-corrected chi connectivity index (χ3v) is 3.55. The number of halogens is 2. The van der Waals surface area contributed by atoms with E-state index in [0.717, 1.165) is 16.6 Å². The van der Waals surface area contributed by atoms with Crippen molar-refractivity contribution in [2.24, 2.45) is 0 Å². The number of aromatic nitrogens is 2. The molecule has 0 saturated carbocycles. The lowest BCUT2D eigenvalue weighted by Gasteiger charge is -2.16. The Morgan fingerprint density at radius 1 is 1.40 bits per heavy atom. The Morgan fingerprint density at radius 3 is 2.90 bits per heavy atom. The van der Waals surface area contributed by atoms with Gasteiger partial charge in [0.15, 0.2) is 5.82 Å². The van der Waals surface area contributed by atoms with E-state index in [1.54, 1.807) is 6.20 Å². The zero-order valence-electron chi connectivity index (χ0n) is 11.3. The molecule has 1 aromatic heterocycles.